The van der Waals surface area contributed by atoms with Crippen LogP contribution in [0.3, 0.4) is 0 Å². The zero-order valence-electron chi connectivity index (χ0n) is 18.0. The maximum atomic E-state index is 12.7. The fourth-order valence-corrected chi connectivity index (χ4v) is 4.76. The number of amides is 1. The summed E-state index contributed by atoms with van der Waals surface area (Å²) in [4.78, 5) is 12.8. The van der Waals surface area contributed by atoms with E-state index in [0.717, 1.165) is 5.56 Å². The molecule has 2 aromatic carbocycles. The van der Waals surface area contributed by atoms with E-state index in [1.807, 2.05) is 19.1 Å². The Morgan fingerprint density at radius 2 is 1.57 bits per heavy atom. The van der Waals surface area contributed by atoms with Crippen molar-refractivity contribution >= 4 is 15.9 Å². The Kier molecular flexibility index (Phi) is 6.65. The van der Waals surface area contributed by atoms with Crippen LogP contribution in [0.1, 0.15) is 55.2 Å². The standard InChI is InChI=1S/C23H30N2O4S/c1-17(18-5-9-20(10-6-18)23(2,3)4)24-22(26)19-7-11-21(12-8-19)30(27,28)25-13-15-29-16-14-25/h5-12,17H,13-16H2,1-4H3,(H,24,26). The van der Waals surface area contributed by atoms with Gasteiger partial charge in [-0.15, -0.1) is 0 Å². The first-order valence-electron chi connectivity index (χ1n) is 10.2. The largest absolute Gasteiger partial charge is 0.379 e. The lowest BCUT2D eigenvalue weighted by Crippen LogP contribution is -2.40. The number of ether oxygens (including phenoxy) is 1. The number of morpholine rings is 1. The van der Waals surface area contributed by atoms with E-state index in [9.17, 15) is 13.2 Å². The minimum Gasteiger partial charge on any atom is -0.379 e. The van der Waals surface area contributed by atoms with Crippen LogP contribution in [0.15, 0.2) is 53.4 Å². The van der Waals surface area contributed by atoms with E-state index in [4.69, 9.17) is 4.74 Å². The molecular formula is C23H30N2O4S. The summed E-state index contributed by atoms with van der Waals surface area (Å²) in [6.45, 7) is 9.90. The lowest BCUT2D eigenvalue weighted by molar-refractivity contribution is 0.0730. The molecule has 1 amide bonds. The number of carbonyl (C=O) groups is 1. The third-order valence-corrected chi connectivity index (χ3v) is 7.26. The molecule has 0 radical (unpaired) electrons. The van der Waals surface area contributed by atoms with Gasteiger partial charge in [0.1, 0.15) is 0 Å². The van der Waals surface area contributed by atoms with Crippen LogP contribution >= 0.6 is 0 Å². The second-order valence-electron chi connectivity index (χ2n) is 8.61. The molecule has 0 saturated carbocycles. The first-order chi connectivity index (χ1) is 14.1. The van der Waals surface area contributed by atoms with Gasteiger partial charge in [-0.1, -0.05) is 45.0 Å². The molecule has 1 atom stereocenters. The molecule has 162 valence electrons. The maximum Gasteiger partial charge on any atom is 0.251 e. The molecule has 1 unspecified atom stereocenters. The number of benzene rings is 2. The molecule has 6 nitrogen and oxygen atoms in total. The molecule has 0 aliphatic carbocycles. The number of nitrogens with zero attached hydrogens (tertiary/aromatic N) is 1. The third-order valence-electron chi connectivity index (χ3n) is 5.35. The molecular weight excluding hydrogens is 400 g/mol. The average Bonchev–Trinajstić information content (AvgIpc) is 2.74. The summed E-state index contributed by atoms with van der Waals surface area (Å²) in [6.07, 6.45) is 0. The van der Waals surface area contributed by atoms with Gasteiger partial charge in [-0.05, 0) is 47.7 Å². The first kappa shape index (κ1) is 22.5. The molecule has 0 bridgehead atoms. The fraction of sp³-hybridized carbons (Fsp3) is 0.435. The van der Waals surface area contributed by atoms with Crippen molar-refractivity contribution in [1.82, 2.24) is 9.62 Å². The molecule has 1 aliphatic heterocycles. The highest BCUT2D eigenvalue weighted by atomic mass is 32.2. The van der Waals surface area contributed by atoms with Crippen molar-refractivity contribution in [2.24, 2.45) is 0 Å². The summed E-state index contributed by atoms with van der Waals surface area (Å²) in [6, 6.07) is 14.2. The Hall–Kier alpha value is -2.22. The molecule has 3 rings (SSSR count). The van der Waals surface area contributed by atoms with Crippen molar-refractivity contribution in [3.8, 4) is 0 Å². The van der Waals surface area contributed by atoms with Gasteiger partial charge in [-0.2, -0.15) is 4.31 Å². The van der Waals surface area contributed by atoms with Gasteiger partial charge in [0.25, 0.3) is 5.91 Å². The van der Waals surface area contributed by atoms with Crippen molar-refractivity contribution in [2.75, 3.05) is 26.3 Å². The molecule has 30 heavy (non-hydrogen) atoms. The highest BCUT2D eigenvalue weighted by molar-refractivity contribution is 7.89. The molecule has 7 heteroatoms. The topological polar surface area (TPSA) is 75.7 Å². The maximum absolute atomic E-state index is 12.7. The third kappa shape index (κ3) is 5.09. The zero-order chi connectivity index (χ0) is 21.9. The van der Waals surface area contributed by atoms with E-state index in [2.05, 4.69) is 38.2 Å². The van der Waals surface area contributed by atoms with Crippen LogP contribution < -0.4 is 5.32 Å². The second kappa shape index (κ2) is 8.88. The van der Waals surface area contributed by atoms with E-state index in [0.29, 0.717) is 31.9 Å². The molecule has 0 aromatic heterocycles. The van der Waals surface area contributed by atoms with Crippen LogP contribution in [0, 0.1) is 0 Å². The minimum absolute atomic E-state index is 0.0777. The summed E-state index contributed by atoms with van der Waals surface area (Å²) < 4.78 is 32.0. The van der Waals surface area contributed by atoms with Crippen LogP contribution in [-0.4, -0.2) is 44.9 Å². The monoisotopic (exact) mass is 430 g/mol. The Balaban J connectivity index is 1.67. The van der Waals surface area contributed by atoms with Crippen LogP contribution in [0.25, 0.3) is 0 Å². The normalized spacial score (nSPS) is 16.8. The van der Waals surface area contributed by atoms with Crippen molar-refractivity contribution < 1.29 is 17.9 Å². The van der Waals surface area contributed by atoms with Crippen molar-refractivity contribution in [2.45, 2.75) is 44.0 Å². The fourth-order valence-electron chi connectivity index (χ4n) is 3.35. The highest BCUT2D eigenvalue weighted by Crippen LogP contribution is 2.24. The Labute approximate surface area is 179 Å². The summed E-state index contributed by atoms with van der Waals surface area (Å²) >= 11 is 0. The Morgan fingerprint density at radius 3 is 2.10 bits per heavy atom. The number of sulfonamides is 1. The summed E-state index contributed by atoms with van der Waals surface area (Å²) in [5.74, 6) is -0.238. The van der Waals surface area contributed by atoms with E-state index >= 15 is 0 Å². The predicted octanol–water partition coefficient (Wildman–Crippen LogP) is 3.50. The van der Waals surface area contributed by atoms with Crippen LogP contribution in [0.5, 0.6) is 0 Å². The minimum atomic E-state index is -3.57. The molecule has 1 aliphatic rings. The van der Waals surface area contributed by atoms with E-state index < -0.39 is 10.0 Å². The number of rotatable bonds is 5. The quantitative estimate of drug-likeness (QED) is 0.788. The highest BCUT2D eigenvalue weighted by Gasteiger charge is 2.26. The Morgan fingerprint density at radius 1 is 1.00 bits per heavy atom. The molecule has 0 spiro atoms. The van der Waals surface area contributed by atoms with Gasteiger partial charge in [0.2, 0.25) is 10.0 Å². The predicted molar refractivity (Wildman–Crippen MR) is 117 cm³/mol. The van der Waals surface area contributed by atoms with Gasteiger partial charge >= 0.3 is 0 Å². The molecule has 1 fully saturated rings. The van der Waals surface area contributed by atoms with E-state index in [-0.39, 0.29) is 22.3 Å². The number of hydrogen-bond acceptors (Lipinski definition) is 4. The van der Waals surface area contributed by atoms with Crippen molar-refractivity contribution in [3.63, 3.8) is 0 Å². The smallest absolute Gasteiger partial charge is 0.251 e. The lowest BCUT2D eigenvalue weighted by atomic mass is 9.86. The number of nitrogens with one attached hydrogen (secondary N) is 1. The lowest BCUT2D eigenvalue weighted by Gasteiger charge is -2.26. The van der Waals surface area contributed by atoms with Gasteiger partial charge in [-0.3, -0.25) is 4.79 Å². The van der Waals surface area contributed by atoms with Gasteiger partial charge in [0.15, 0.2) is 0 Å². The summed E-state index contributed by atoms with van der Waals surface area (Å²) in [5, 5.41) is 2.98. The summed E-state index contributed by atoms with van der Waals surface area (Å²) in [5.41, 5.74) is 2.76. The van der Waals surface area contributed by atoms with Gasteiger partial charge in [0, 0.05) is 18.7 Å². The summed E-state index contributed by atoms with van der Waals surface area (Å²) in [7, 11) is -3.57. The zero-order valence-corrected chi connectivity index (χ0v) is 18.8. The second-order valence-corrected chi connectivity index (χ2v) is 10.5. The van der Waals surface area contributed by atoms with Crippen LogP contribution in [-0.2, 0) is 20.2 Å². The SMILES string of the molecule is CC(NC(=O)c1ccc(S(=O)(=O)N2CCOCC2)cc1)c1ccc(C(C)(C)C)cc1. The van der Waals surface area contributed by atoms with Crippen LogP contribution in [0.2, 0.25) is 0 Å². The molecule has 1 N–H and O–H groups in total. The molecule has 1 heterocycles. The van der Waals surface area contributed by atoms with Crippen molar-refractivity contribution in [1.29, 1.82) is 0 Å². The van der Waals surface area contributed by atoms with Crippen LogP contribution in [0.4, 0.5) is 0 Å². The Bertz CT molecular complexity index is 971. The number of carbonyl (C=O) groups excluding carboxylic acids is 1. The first-order valence-corrected chi connectivity index (χ1v) is 11.6. The molecule has 2 aromatic rings. The number of hydrogen-bond donors (Lipinski definition) is 1. The van der Waals surface area contributed by atoms with Gasteiger partial charge < -0.3 is 10.1 Å². The van der Waals surface area contributed by atoms with Gasteiger partial charge in [0.05, 0.1) is 24.2 Å². The van der Waals surface area contributed by atoms with Gasteiger partial charge in [-0.25, -0.2) is 8.42 Å². The van der Waals surface area contributed by atoms with E-state index in [1.54, 1.807) is 12.1 Å². The molecule has 1 saturated heterocycles. The average molecular weight is 431 g/mol. The van der Waals surface area contributed by atoms with E-state index in [1.165, 1.54) is 22.0 Å². The van der Waals surface area contributed by atoms with Crippen molar-refractivity contribution in [3.05, 3.63) is 65.2 Å².